The minimum atomic E-state index is 0.0947. The SMILES string of the molecule is CC(C)[C@H](N)COc1ccc(C(C)(C)C)cc1. The molecule has 0 amide bonds. The average molecular weight is 235 g/mol. The zero-order valence-electron chi connectivity index (χ0n) is 11.7. The molecule has 0 fully saturated rings. The van der Waals surface area contributed by atoms with E-state index in [0.717, 1.165) is 5.75 Å². The van der Waals surface area contributed by atoms with Crippen molar-refractivity contribution < 1.29 is 4.74 Å². The second kappa shape index (κ2) is 5.54. The van der Waals surface area contributed by atoms with Gasteiger partial charge in [0.2, 0.25) is 0 Å². The van der Waals surface area contributed by atoms with Gasteiger partial charge < -0.3 is 10.5 Å². The van der Waals surface area contributed by atoms with Gasteiger partial charge in [0, 0.05) is 6.04 Å². The Morgan fingerprint density at radius 2 is 1.65 bits per heavy atom. The fraction of sp³-hybridized carbons (Fsp3) is 0.600. The lowest BCUT2D eigenvalue weighted by Crippen LogP contribution is -2.33. The van der Waals surface area contributed by atoms with Gasteiger partial charge >= 0.3 is 0 Å². The summed E-state index contributed by atoms with van der Waals surface area (Å²) < 4.78 is 5.67. The molecule has 0 aliphatic carbocycles. The molecule has 96 valence electrons. The minimum Gasteiger partial charge on any atom is -0.492 e. The molecular weight excluding hydrogens is 210 g/mol. The first kappa shape index (κ1) is 14.0. The molecule has 1 aromatic rings. The standard InChI is InChI=1S/C15H25NO/c1-11(2)14(16)10-17-13-8-6-12(7-9-13)15(3,4)5/h6-9,11,14H,10,16H2,1-5H3/t14-/m1/s1. The Balaban J connectivity index is 2.57. The topological polar surface area (TPSA) is 35.2 Å². The molecule has 0 aromatic heterocycles. The average Bonchev–Trinajstić information content (AvgIpc) is 2.25. The first-order valence-corrected chi connectivity index (χ1v) is 6.29. The van der Waals surface area contributed by atoms with Gasteiger partial charge in [0.25, 0.3) is 0 Å². The molecule has 0 aliphatic rings. The van der Waals surface area contributed by atoms with Crippen molar-refractivity contribution in [1.82, 2.24) is 0 Å². The van der Waals surface area contributed by atoms with E-state index in [9.17, 15) is 0 Å². The van der Waals surface area contributed by atoms with Gasteiger partial charge in [-0.25, -0.2) is 0 Å². The number of rotatable bonds is 4. The summed E-state index contributed by atoms with van der Waals surface area (Å²) in [6.07, 6.45) is 0. The van der Waals surface area contributed by atoms with Gasteiger partial charge in [-0.05, 0) is 29.0 Å². The predicted molar refractivity (Wildman–Crippen MR) is 73.5 cm³/mol. The van der Waals surface area contributed by atoms with Gasteiger partial charge in [-0.15, -0.1) is 0 Å². The fourth-order valence-corrected chi connectivity index (χ4v) is 1.44. The quantitative estimate of drug-likeness (QED) is 0.868. The van der Waals surface area contributed by atoms with Crippen LogP contribution in [0.1, 0.15) is 40.2 Å². The molecule has 0 saturated carbocycles. The first-order chi connectivity index (χ1) is 7.80. The van der Waals surface area contributed by atoms with Gasteiger partial charge in [0.15, 0.2) is 0 Å². The third-order valence-electron chi connectivity index (χ3n) is 3.02. The second-order valence-electron chi connectivity index (χ2n) is 5.99. The van der Waals surface area contributed by atoms with Crippen LogP contribution < -0.4 is 10.5 Å². The number of hydrogen-bond donors (Lipinski definition) is 1. The Bertz CT molecular complexity index is 335. The van der Waals surface area contributed by atoms with Crippen LogP contribution in [0.15, 0.2) is 24.3 Å². The van der Waals surface area contributed by atoms with Crippen LogP contribution >= 0.6 is 0 Å². The van der Waals surface area contributed by atoms with E-state index in [1.165, 1.54) is 5.56 Å². The Morgan fingerprint density at radius 3 is 2.06 bits per heavy atom. The molecule has 0 unspecified atom stereocenters. The first-order valence-electron chi connectivity index (χ1n) is 6.29. The van der Waals surface area contributed by atoms with Crippen LogP contribution in [0, 0.1) is 5.92 Å². The van der Waals surface area contributed by atoms with E-state index in [-0.39, 0.29) is 11.5 Å². The monoisotopic (exact) mass is 235 g/mol. The normalized spacial score (nSPS) is 13.8. The highest BCUT2D eigenvalue weighted by Crippen LogP contribution is 2.24. The molecular formula is C15H25NO. The van der Waals surface area contributed by atoms with E-state index in [0.29, 0.717) is 12.5 Å². The summed E-state index contributed by atoms with van der Waals surface area (Å²) in [5, 5.41) is 0. The second-order valence-corrected chi connectivity index (χ2v) is 5.99. The maximum absolute atomic E-state index is 5.94. The van der Waals surface area contributed by atoms with Gasteiger partial charge in [-0.1, -0.05) is 46.8 Å². The molecule has 0 bridgehead atoms. The molecule has 0 heterocycles. The highest BCUT2D eigenvalue weighted by atomic mass is 16.5. The van der Waals surface area contributed by atoms with E-state index < -0.39 is 0 Å². The molecule has 2 nitrogen and oxygen atoms in total. The number of ether oxygens (including phenoxy) is 1. The Hall–Kier alpha value is -1.02. The third kappa shape index (κ3) is 4.39. The van der Waals surface area contributed by atoms with Crippen molar-refractivity contribution in [2.45, 2.75) is 46.1 Å². The predicted octanol–water partition coefficient (Wildman–Crippen LogP) is 3.35. The minimum absolute atomic E-state index is 0.0947. The van der Waals surface area contributed by atoms with Gasteiger partial charge in [-0.2, -0.15) is 0 Å². The van der Waals surface area contributed by atoms with Crippen LogP contribution in [0.3, 0.4) is 0 Å². The summed E-state index contributed by atoms with van der Waals surface area (Å²) in [4.78, 5) is 0. The smallest absolute Gasteiger partial charge is 0.119 e. The zero-order valence-corrected chi connectivity index (χ0v) is 11.7. The molecule has 2 N–H and O–H groups in total. The molecule has 0 saturated heterocycles. The summed E-state index contributed by atoms with van der Waals surface area (Å²) in [5.41, 5.74) is 7.44. The van der Waals surface area contributed by atoms with E-state index in [2.05, 4.69) is 46.8 Å². The molecule has 1 aromatic carbocycles. The lowest BCUT2D eigenvalue weighted by molar-refractivity contribution is 0.259. The molecule has 1 atom stereocenters. The molecule has 1 rings (SSSR count). The van der Waals surface area contributed by atoms with Crippen LogP contribution in [-0.2, 0) is 5.41 Å². The summed E-state index contributed by atoms with van der Waals surface area (Å²) in [7, 11) is 0. The van der Waals surface area contributed by atoms with Crippen LogP contribution in [0.2, 0.25) is 0 Å². The third-order valence-corrected chi connectivity index (χ3v) is 3.02. The zero-order chi connectivity index (χ0) is 13.1. The molecule has 0 radical (unpaired) electrons. The van der Waals surface area contributed by atoms with E-state index in [4.69, 9.17) is 10.5 Å². The van der Waals surface area contributed by atoms with Crippen LogP contribution in [0.5, 0.6) is 5.75 Å². The largest absolute Gasteiger partial charge is 0.492 e. The molecule has 0 spiro atoms. The number of nitrogens with two attached hydrogens (primary N) is 1. The van der Waals surface area contributed by atoms with Crippen LogP contribution in [-0.4, -0.2) is 12.6 Å². The molecule has 17 heavy (non-hydrogen) atoms. The Kier molecular flexibility index (Phi) is 4.58. The van der Waals surface area contributed by atoms with Crippen molar-refractivity contribution in [1.29, 1.82) is 0 Å². The van der Waals surface area contributed by atoms with Crippen molar-refractivity contribution in [3.8, 4) is 5.75 Å². The number of hydrogen-bond acceptors (Lipinski definition) is 2. The van der Waals surface area contributed by atoms with Crippen molar-refractivity contribution in [3.63, 3.8) is 0 Å². The lowest BCUT2D eigenvalue weighted by atomic mass is 9.87. The summed E-state index contributed by atoms with van der Waals surface area (Å²) in [5.74, 6) is 1.35. The van der Waals surface area contributed by atoms with Crippen molar-refractivity contribution in [2.75, 3.05) is 6.61 Å². The van der Waals surface area contributed by atoms with Gasteiger partial charge in [0.1, 0.15) is 12.4 Å². The van der Waals surface area contributed by atoms with E-state index in [1.807, 2.05) is 12.1 Å². The Labute approximate surface area is 105 Å². The van der Waals surface area contributed by atoms with Crippen LogP contribution in [0.25, 0.3) is 0 Å². The highest BCUT2D eigenvalue weighted by Gasteiger charge is 2.13. The number of benzene rings is 1. The van der Waals surface area contributed by atoms with E-state index >= 15 is 0 Å². The van der Waals surface area contributed by atoms with Gasteiger partial charge in [0.05, 0.1) is 0 Å². The van der Waals surface area contributed by atoms with Crippen LogP contribution in [0.4, 0.5) is 0 Å². The maximum atomic E-state index is 5.94. The molecule has 2 heteroatoms. The maximum Gasteiger partial charge on any atom is 0.119 e. The highest BCUT2D eigenvalue weighted by molar-refractivity contribution is 5.31. The van der Waals surface area contributed by atoms with Crippen molar-refractivity contribution in [2.24, 2.45) is 11.7 Å². The van der Waals surface area contributed by atoms with Gasteiger partial charge in [-0.3, -0.25) is 0 Å². The van der Waals surface area contributed by atoms with Crippen molar-refractivity contribution in [3.05, 3.63) is 29.8 Å². The lowest BCUT2D eigenvalue weighted by Gasteiger charge is -2.20. The summed E-state index contributed by atoms with van der Waals surface area (Å²) >= 11 is 0. The summed E-state index contributed by atoms with van der Waals surface area (Å²) in [6.45, 7) is 11.4. The summed E-state index contributed by atoms with van der Waals surface area (Å²) in [6, 6.07) is 8.38. The van der Waals surface area contributed by atoms with Crippen molar-refractivity contribution >= 4 is 0 Å². The molecule has 0 aliphatic heterocycles. The Morgan fingerprint density at radius 1 is 1.12 bits per heavy atom. The van der Waals surface area contributed by atoms with E-state index in [1.54, 1.807) is 0 Å². The fourth-order valence-electron chi connectivity index (χ4n) is 1.44.